The summed E-state index contributed by atoms with van der Waals surface area (Å²) in [4.78, 5) is 27.2. The number of carbonyl (C=O) groups is 2. The average molecular weight is 413 g/mol. The molecule has 2 aliphatic heterocycles. The van der Waals surface area contributed by atoms with E-state index in [9.17, 15) is 9.59 Å². The molecular weight excluding hydrogens is 386 g/mol. The van der Waals surface area contributed by atoms with Gasteiger partial charge in [0.05, 0.1) is 31.3 Å². The van der Waals surface area contributed by atoms with E-state index in [1.54, 1.807) is 29.7 Å². The number of nitrogens with zero attached hydrogens (tertiary/aromatic N) is 3. The molecule has 8 nitrogen and oxygen atoms in total. The molecule has 0 spiro atoms. The van der Waals surface area contributed by atoms with Gasteiger partial charge in [0.15, 0.2) is 11.5 Å². The highest BCUT2D eigenvalue weighted by Crippen LogP contribution is 2.35. The van der Waals surface area contributed by atoms with Crippen LogP contribution in [-0.2, 0) is 16.6 Å². The Kier molecular flexibility index (Phi) is 5.92. The number of aryl methyl sites for hydroxylation is 1. The molecule has 1 fully saturated rings. The van der Waals surface area contributed by atoms with Crippen molar-refractivity contribution in [3.05, 3.63) is 30.0 Å². The minimum absolute atomic E-state index is 0.126. The van der Waals surface area contributed by atoms with Crippen molar-refractivity contribution >= 4 is 11.9 Å². The third-order valence-corrected chi connectivity index (χ3v) is 5.41. The van der Waals surface area contributed by atoms with Crippen molar-refractivity contribution in [3.8, 4) is 22.8 Å². The summed E-state index contributed by atoms with van der Waals surface area (Å²) in [6, 6.07) is 5.62. The first-order chi connectivity index (χ1) is 14.6. The molecule has 1 saturated heterocycles. The second kappa shape index (κ2) is 8.77. The molecule has 0 unspecified atom stereocenters. The largest absolute Gasteiger partial charge is 0.490 e. The normalized spacial score (nSPS) is 18.6. The Bertz CT molecular complexity index is 939. The van der Waals surface area contributed by atoms with Gasteiger partial charge in [0.25, 0.3) is 5.91 Å². The lowest BCUT2D eigenvalue weighted by molar-refractivity contribution is -0.149. The minimum atomic E-state index is -0.277. The van der Waals surface area contributed by atoms with Gasteiger partial charge in [-0.1, -0.05) is 0 Å². The Labute approximate surface area is 175 Å². The summed E-state index contributed by atoms with van der Waals surface area (Å²) in [6.45, 7) is 4.34. The highest BCUT2D eigenvalue weighted by molar-refractivity contribution is 6.00. The van der Waals surface area contributed by atoms with E-state index < -0.39 is 0 Å². The number of likely N-dealkylation sites (tertiary alicyclic amines) is 1. The van der Waals surface area contributed by atoms with Crippen LogP contribution in [0.25, 0.3) is 11.3 Å². The van der Waals surface area contributed by atoms with E-state index in [4.69, 9.17) is 14.2 Å². The van der Waals surface area contributed by atoms with Crippen molar-refractivity contribution in [2.24, 2.45) is 13.0 Å². The van der Waals surface area contributed by atoms with Crippen LogP contribution in [0.5, 0.6) is 11.5 Å². The first-order valence-corrected chi connectivity index (χ1v) is 10.5. The zero-order chi connectivity index (χ0) is 21.1. The number of ether oxygens (including phenoxy) is 3. The van der Waals surface area contributed by atoms with Gasteiger partial charge in [-0.2, -0.15) is 5.10 Å². The quantitative estimate of drug-likeness (QED) is 0.717. The Morgan fingerprint density at radius 1 is 1.20 bits per heavy atom. The number of fused-ring (bicyclic) bond motifs is 1. The van der Waals surface area contributed by atoms with Gasteiger partial charge in [-0.15, -0.1) is 0 Å². The SMILES string of the molecule is CCOC(=O)[C@@H]1CCCN(C(=O)c2cn(C)nc2-c2ccc3c(c2)OCCCO3)C1. The van der Waals surface area contributed by atoms with Crippen LogP contribution in [0.4, 0.5) is 0 Å². The molecule has 2 aliphatic rings. The number of aromatic nitrogens is 2. The van der Waals surface area contributed by atoms with Crippen LogP contribution in [0, 0.1) is 5.92 Å². The predicted octanol–water partition coefficient (Wildman–Crippen LogP) is 2.66. The maximum Gasteiger partial charge on any atom is 0.310 e. The third-order valence-electron chi connectivity index (χ3n) is 5.41. The van der Waals surface area contributed by atoms with Gasteiger partial charge >= 0.3 is 5.97 Å². The van der Waals surface area contributed by atoms with Crippen LogP contribution in [0.3, 0.4) is 0 Å². The van der Waals surface area contributed by atoms with Gasteiger partial charge in [0.2, 0.25) is 0 Å². The molecule has 2 aromatic rings. The molecule has 1 aromatic heterocycles. The number of amides is 1. The van der Waals surface area contributed by atoms with Crippen molar-refractivity contribution in [1.29, 1.82) is 0 Å². The van der Waals surface area contributed by atoms with E-state index >= 15 is 0 Å². The first-order valence-electron chi connectivity index (χ1n) is 10.5. The molecule has 3 heterocycles. The van der Waals surface area contributed by atoms with Crippen molar-refractivity contribution in [2.75, 3.05) is 32.9 Å². The summed E-state index contributed by atoms with van der Waals surface area (Å²) in [5, 5.41) is 4.53. The van der Waals surface area contributed by atoms with E-state index in [0.29, 0.717) is 55.7 Å². The average Bonchev–Trinajstić information content (AvgIpc) is 3.00. The molecule has 8 heteroatoms. The standard InChI is InChI=1S/C22H27N3O5/c1-3-28-22(27)16-6-4-9-25(13-16)21(26)17-14-24(2)23-20(17)15-7-8-18-19(12-15)30-11-5-10-29-18/h7-8,12,14,16H,3-6,9-11,13H2,1-2H3/t16-/m1/s1. The second-order valence-electron chi connectivity index (χ2n) is 7.62. The fourth-order valence-electron chi connectivity index (χ4n) is 3.95. The first kappa shape index (κ1) is 20.3. The third kappa shape index (κ3) is 4.13. The summed E-state index contributed by atoms with van der Waals surface area (Å²) < 4.78 is 18.3. The Morgan fingerprint density at radius 3 is 2.80 bits per heavy atom. The lowest BCUT2D eigenvalue weighted by Gasteiger charge is -2.31. The van der Waals surface area contributed by atoms with Crippen molar-refractivity contribution in [2.45, 2.75) is 26.2 Å². The van der Waals surface area contributed by atoms with Gasteiger partial charge in [0, 0.05) is 38.3 Å². The Hall–Kier alpha value is -3.03. The van der Waals surface area contributed by atoms with E-state index in [1.807, 2.05) is 18.2 Å². The van der Waals surface area contributed by atoms with E-state index in [0.717, 1.165) is 24.8 Å². The molecule has 4 rings (SSSR count). The van der Waals surface area contributed by atoms with Crippen LogP contribution in [0.15, 0.2) is 24.4 Å². The zero-order valence-electron chi connectivity index (χ0n) is 17.4. The van der Waals surface area contributed by atoms with E-state index in [-0.39, 0.29) is 17.8 Å². The number of carbonyl (C=O) groups excluding carboxylic acids is 2. The number of benzene rings is 1. The van der Waals surface area contributed by atoms with Gasteiger partial charge < -0.3 is 19.1 Å². The van der Waals surface area contributed by atoms with Crippen LogP contribution in [0.2, 0.25) is 0 Å². The molecule has 0 bridgehead atoms. The fraction of sp³-hybridized carbons (Fsp3) is 0.500. The number of esters is 1. The molecular formula is C22H27N3O5. The van der Waals surface area contributed by atoms with Crippen LogP contribution in [-0.4, -0.2) is 59.5 Å². The van der Waals surface area contributed by atoms with Crippen molar-refractivity contribution < 1.29 is 23.8 Å². The number of rotatable bonds is 4. The maximum absolute atomic E-state index is 13.3. The minimum Gasteiger partial charge on any atom is -0.490 e. The van der Waals surface area contributed by atoms with Crippen molar-refractivity contribution in [1.82, 2.24) is 14.7 Å². The smallest absolute Gasteiger partial charge is 0.310 e. The number of hydrogen-bond acceptors (Lipinski definition) is 6. The lowest BCUT2D eigenvalue weighted by atomic mass is 9.97. The molecule has 0 radical (unpaired) electrons. The Morgan fingerprint density at radius 2 is 2.00 bits per heavy atom. The monoisotopic (exact) mass is 413 g/mol. The molecule has 1 amide bonds. The molecule has 160 valence electrons. The molecule has 0 N–H and O–H groups in total. The topological polar surface area (TPSA) is 82.9 Å². The molecule has 0 saturated carbocycles. The number of hydrogen-bond donors (Lipinski definition) is 0. The van der Waals surface area contributed by atoms with Crippen LogP contribution >= 0.6 is 0 Å². The summed E-state index contributed by atoms with van der Waals surface area (Å²) in [6.07, 6.45) is 4.07. The second-order valence-corrected chi connectivity index (χ2v) is 7.62. The van der Waals surface area contributed by atoms with Gasteiger partial charge in [-0.25, -0.2) is 0 Å². The molecule has 30 heavy (non-hydrogen) atoms. The molecule has 0 aliphatic carbocycles. The van der Waals surface area contributed by atoms with Crippen molar-refractivity contribution in [3.63, 3.8) is 0 Å². The van der Waals surface area contributed by atoms with Gasteiger partial charge in [-0.3, -0.25) is 14.3 Å². The summed E-state index contributed by atoms with van der Waals surface area (Å²) in [7, 11) is 1.79. The maximum atomic E-state index is 13.3. The molecule has 1 atom stereocenters. The van der Waals surface area contributed by atoms with Crippen LogP contribution < -0.4 is 9.47 Å². The van der Waals surface area contributed by atoms with E-state index in [2.05, 4.69) is 5.10 Å². The predicted molar refractivity (Wildman–Crippen MR) is 110 cm³/mol. The molecule has 1 aromatic carbocycles. The highest BCUT2D eigenvalue weighted by Gasteiger charge is 2.31. The summed E-state index contributed by atoms with van der Waals surface area (Å²) >= 11 is 0. The van der Waals surface area contributed by atoms with Crippen LogP contribution in [0.1, 0.15) is 36.5 Å². The van der Waals surface area contributed by atoms with E-state index in [1.165, 1.54) is 0 Å². The Balaban J connectivity index is 1.59. The summed E-state index contributed by atoms with van der Waals surface area (Å²) in [5.74, 6) is 0.729. The highest BCUT2D eigenvalue weighted by atomic mass is 16.5. The van der Waals surface area contributed by atoms with Gasteiger partial charge in [0.1, 0.15) is 5.69 Å². The zero-order valence-corrected chi connectivity index (χ0v) is 17.4. The number of piperidine rings is 1. The lowest BCUT2D eigenvalue weighted by Crippen LogP contribution is -2.42. The summed E-state index contributed by atoms with van der Waals surface area (Å²) in [5.41, 5.74) is 1.90. The van der Waals surface area contributed by atoms with Gasteiger partial charge in [-0.05, 0) is 38.0 Å². The fourth-order valence-corrected chi connectivity index (χ4v) is 3.95.